The summed E-state index contributed by atoms with van der Waals surface area (Å²) in [7, 11) is 0. The van der Waals surface area contributed by atoms with Crippen LogP contribution in [0, 0.1) is 0 Å². The van der Waals surface area contributed by atoms with Crippen molar-refractivity contribution in [3.63, 3.8) is 0 Å². The first-order valence-corrected chi connectivity index (χ1v) is 3.06. The fourth-order valence-corrected chi connectivity index (χ4v) is 0.788. The van der Waals surface area contributed by atoms with Gasteiger partial charge >= 0.3 is 0 Å². The SMILES string of the molecule is [N-]=C=Nc1cccc(Cl)c1. The van der Waals surface area contributed by atoms with Crippen LogP contribution in [0.1, 0.15) is 0 Å². The quantitative estimate of drug-likeness (QED) is 0.554. The van der Waals surface area contributed by atoms with Gasteiger partial charge in [0.2, 0.25) is 0 Å². The first-order valence-electron chi connectivity index (χ1n) is 2.68. The molecule has 1 aromatic carbocycles. The first kappa shape index (κ1) is 7.00. The lowest BCUT2D eigenvalue weighted by molar-refractivity contribution is 1.55. The lowest BCUT2D eigenvalue weighted by atomic mass is 10.3. The molecule has 0 bridgehead atoms. The Balaban J connectivity index is 3.06. The summed E-state index contributed by atoms with van der Waals surface area (Å²) >= 11 is 5.61. The number of rotatable bonds is 1. The summed E-state index contributed by atoms with van der Waals surface area (Å²) in [5.74, 6) is 0. The highest BCUT2D eigenvalue weighted by Crippen LogP contribution is 2.16. The zero-order valence-corrected chi connectivity index (χ0v) is 5.84. The molecule has 1 aromatic rings. The average Bonchev–Trinajstić information content (AvgIpc) is 1.88. The number of nitrogens with zero attached hydrogens (tertiary/aromatic N) is 2. The largest absolute Gasteiger partial charge is 0.422 e. The predicted octanol–water partition coefficient (Wildman–Crippen LogP) is 2.71. The Kier molecular flexibility index (Phi) is 2.21. The molecule has 0 radical (unpaired) electrons. The highest BCUT2D eigenvalue weighted by molar-refractivity contribution is 6.30. The molecule has 0 atom stereocenters. The molecule has 1 rings (SSSR count). The maximum atomic E-state index is 8.15. The number of aliphatic imine (C=N–C) groups is 1. The topological polar surface area (TPSA) is 34.7 Å². The molecule has 2 nitrogen and oxygen atoms in total. The molecule has 50 valence electrons. The van der Waals surface area contributed by atoms with Crippen molar-refractivity contribution >= 4 is 23.3 Å². The van der Waals surface area contributed by atoms with Gasteiger partial charge in [0.25, 0.3) is 0 Å². The van der Waals surface area contributed by atoms with E-state index in [0.29, 0.717) is 10.7 Å². The third kappa shape index (κ3) is 1.69. The van der Waals surface area contributed by atoms with E-state index in [-0.39, 0.29) is 0 Å². The van der Waals surface area contributed by atoms with E-state index in [1.807, 2.05) is 0 Å². The molecule has 0 fully saturated rings. The Morgan fingerprint density at radius 2 is 2.30 bits per heavy atom. The van der Waals surface area contributed by atoms with Crippen molar-refractivity contribution in [2.75, 3.05) is 0 Å². The Hall–Kier alpha value is -1.11. The van der Waals surface area contributed by atoms with Crippen molar-refractivity contribution in [1.82, 2.24) is 0 Å². The van der Waals surface area contributed by atoms with Gasteiger partial charge in [0, 0.05) is 5.02 Å². The van der Waals surface area contributed by atoms with Crippen LogP contribution in [0.15, 0.2) is 29.3 Å². The number of benzene rings is 1. The van der Waals surface area contributed by atoms with Crippen molar-refractivity contribution in [2.24, 2.45) is 4.99 Å². The van der Waals surface area contributed by atoms with Crippen LogP contribution in [-0.2, 0) is 0 Å². The van der Waals surface area contributed by atoms with E-state index in [1.165, 1.54) is 0 Å². The van der Waals surface area contributed by atoms with Gasteiger partial charge in [-0.15, -0.1) is 0 Å². The van der Waals surface area contributed by atoms with Gasteiger partial charge in [0.1, 0.15) is 0 Å². The van der Waals surface area contributed by atoms with Crippen LogP contribution >= 0.6 is 11.6 Å². The molecule has 0 aliphatic carbocycles. The third-order valence-electron chi connectivity index (χ3n) is 0.987. The molecule has 0 spiro atoms. The molecule has 0 aliphatic rings. The molecule has 0 aliphatic heterocycles. The molecule has 0 heterocycles. The summed E-state index contributed by atoms with van der Waals surface area (Å²) in [6, 6.07) is 8.51. The lowest BCUT2D eigenvalue weighted by Crippen LogP contribution is -1.62. The molecule has 0 aromatic heterocycles. The minimum atomic E-state index is 0.593. The standard InChI is InChI=1S/C7H4ClN2/c8-6-2-1-3-7(4-6)10-5-9/h1-4H/q-1. The Morgan fingerprint density at radius 1 is 1.50 bits per heavy atom. The predicted molar refractivity (Wildman–Crippen MR) is 41.9 cm³/mol. The first-order chi connectivity index (χ1) is 4.83. The van der Waals surface area contributed by atoms with E-state index in [4.69, 9.17) is 17.0 Å². The maximum absolute atomic E-state index is 8.15. The van der Waals surface area contributed by atoms with Crippen molar-refractivity contribution in [3.8, 4) is 0 Å². The second kappa shape index (κ2) is 3.16. The van der Waals surface area contributed by atoms with Crippen molar-refractivity contribution in [3.05, 3.63) is 34.7 Å². The second-order valence-electron chi connectivity index (χ2n) is 1.69. The van der Waals surface area contributed by atoms with Crippen LogP contribution in [0.4, 0.5) is 5.69 Å². The van der Waals surface area contributed by atoms with Gasteiger partial charge in [-0.25, -0.2) is 0 Å². The molecule has 0 N–H and O–H groups in total. The van der Waals surface area contributed by atoms with Crippen molar-refractivity contribution in [1.29, 1.82) is 0 Å². The van der Waals surface area contributed by atoms with Crippen LogP contribution in [0.3, 0.4) is 0 Å². The van der Waals surface area contributed by atoms with Crippen molar-refractivity contribution in [2.45, 2.75) is 0 Å². The molecule has 0 amide bonds. The van der Waals surface area contributed by atoms with E-state index in [1.54, 1.807) is 30.3 Å². The fraction of sp³-hybridized carbons (Fsp3) is 0. The molecule has 10 heavy (non-hydrogen) atoms. The molecular formula is C7H4ClN2-. The van der Waals surface area contributed by atoms with Crippen LogP contribution in [0.25, 0.3) is 5.41 Å². The monoisotopic (exact) mass is 151 g/mol. The number of halogens is 1. The summed E-state index contributed by atoms with van der Waals surface area (Å²) in [6.45, 7) is 0. The van der Waals surface area contributed by atoms with Gasteiger partial charge in [-0.05, 0) is 17.8 Å². The minimum Gasteiger partial charge on any atom is -0.422 e. The van der Waals surface area contributed by atoms with Crippen LogP contribution < -0.4 is 0 Å². The summed E-state index contributed by atoms with van der Waals surface area (Å²) in [4.78, 5) is 3.49. The third-order valence-corrected chi connectivity index (χ3v) is 1.22. The summed E-state index contributed by atoms with van der Waals surface area (Å²) < 4.78 is 0. The number of hydrogen-bond acceptors (Lipinski definition) is 1. The highest BCUT2D eigenvalue weighted by atomic mass is 35.5. The number of hydrogen-bond donors (Lipinski definition) is 0. The van der Waals surface area contributed by atoms with Crippen LogP contribution in [-0.4, -0.2) is 6.01 Å². The Labute approximate surface area is 63.7 Å². The van der Waals surface area contributed by atoms with Crippen LogP contribution in [0.2, 0.25) is 5.02 Å². The average molecular weight is 152 g/mol. The zero-order chi connectivity index (χ0) is 7.40. The van der Waals surface area contributed by atoms with E-state index in [9.17, 15) is 0 Å². The highest BCUT2D eigenvalue weighted by Gasteiger charge is 1.82. The molecule has 3 heteroatoms. The summed E-state index contributed by atoms with van der Waals surface area (Å²) in [6.07, 6.45) is 0. The normalized spacial score (nSPS) is 8.50. The smallest absolute Gasteiger partial charge is 0.0408 e. The fourth-order valence-electron chi connectivity index (χ4n) is 0.603. The van der Waals surface area contributed by atoms with E-state index in [2.05, 4.69) is 4.99 Å². The van der Waals surface area contributed by atoms with Gasteiger partial charge in [0.15, 0.2) is 0 Å². The van der Waals surface area contributed by atoms with Gasteiger partial charge in [-0.3, -0.25) is 0 Å². The summed E-state index contributed by atoms with van der Waals surface area (Å²) in [5.41, 5.74) is 0.593. The van der Waals surface area contributed by atoms with Gasteiger partial charge in [-0.2, -0.15) is 6.01 Å². The molecule has 0 saturated heterocycles. The van der Waals surface area contributed by atoms with Crippen LogP contribution in [0.5, 0.6) is 0 Å². The lowest BCUT2D eigenvalue weighted by Gasteiger charge is -1.96. The minimum absolute atomic E-state index is 0.593. The maximum Gasteiger partial charge on any atom is 0.0408 e. The Morgan fingerprint density at radius 3 is 2.90 bits per heavy atom. The van der Waals surface area contributed by atoms with Crippen molar-refractivity contribution < 1.29 is 0 Å². The molecular weight excluding hydrogens is 148 g/mol. The van der Waals surface area contributed by atoms with E-state index in [0.717, 1.165) is 0 Å². The van der Waals surface area contributed by atoms with E-state index < -0.39 is 0 Å². The van der Waals surface area contributed by atoms with Gasteiger partial charge in [0.05, 0.1) is 0 Å². The van der Waals surface area contributed by atoms with Gasteiger partial charge < -0.3 is 10.4 Å². The zero-order valence-electron chi connectivity index (χ0n) is 5.08. The Bertz CT molecular complexity index is 277. The van der Waals surface area contributed by atoms with E-state index >= 15 is 0 Å². The summed E-state index contributed by atoms with van der Waals surface area (Å²) in [5, 5.41) is 8.74. The van der Waals surface area contributed by atoms with Gasteiger partial charge in [-0.1, -0.05) is 23.7 Å². The second-order valence-corrected chi connectivity index (χ2v) is 2.13. The molecule has 0 saturated carbocycles. The molecule has 0 unspecified atom stereocenters.